The predicted molar refractivity (Wildman–Crippen MR) is 52.2 cm³/mol. The summed E-state index contributed by atoms with van der Waals surface area (Å²) in [5.74, 6) is 0.320. The highest BCUT2D eigenvalue weighted by Crippen LogP contribution is 2.39. The Kier molecular flexibility index (Phi) is 2.49. The zero-order valence-electron chi connectivity index (χ0n) is 8.66. The van der Waals surface area contributed by atoms with E-state index in [1.807, 2.05) is 6.92 Å². The van der Waals surface area contributed by atoms with E-state index < -0.39 is 5.54 Å². The minimum atomic E-state index is -0.711. The highest BCUT2D eigenvalue weighted by Gasteiger charge is 2.46. The summed E-state index contributed by atoms with van der Waals surface area (Å²) in [4.78, 5) is 17.3. The van der Waals surface area contributed by atoms with Crippen LogP contribution in [0.2, 0.25) is 0 Å². The molecule has 1 saturated heterocycles. The Bertz CT molecular complexity index is 230. The van der Waals surface area contributed by atoms with Gasteiger partial charge in [0.05, 0.1) is 12.1 Å². The number of amides is 1. The highest BCUT2D eigenvalue weighted by atomic mass is 16.7. The zero-order valence-corrected chi connectivity index (χ0v) is 8.66. The van der Waals surface area contributed by atoms with Crippen molar-refractivity contribution >= 4 is 5.91 Å². The Morgan fingerprint density at radius 1 is 1.50 bits per heavy atom. The largest absolute Gasteiger partial charge is 0.317 e. The number of hydroxylamine groups is 2. The maximum atomic E-state index is 12.0. The maximum absolute atomic E-state index is 12.0. The van der Waals surface area contributed by atoms with Crippen LogP contribution in [-0.2, 0) is 9.63 Å². The summed E-state index contributed by atoms with van der Waals surface area (Å²) in [6.07, 6.45) is 4.21. The van der Waals surface area contributed by atoms with E-state index in [1.54, 1.807) is 0 Å². The molecule has 2 aliphatic rings. The number of carbonyl (C=O) groups excluding carboxylic acids is 1. The molecular formula is C10H18N2O2. The smallest absolute Gasteiger partial charge is 0.266 e. The molecule has 14 heavy (non-hydrogen) atoms. The maximum Gasteiger partial charge on any atom is 0.266 e. The fourth-order valence-electron chi connectivity index (χ4n) is 1.88. The summed E-state index contributed by atoms with van der Waals surface area (Å²) in [5.41, 5.74) is 5.31. The van der Waals surface area contributed by atoms with E-state index in [0.29, 0.717) is 19.1 Å². The Hall–Kier alpha value is -0.610. The third-order valence-electron chi connectivity index (χ3n) is 3.12. The van der Waals surface area contributed by atoms with Crippen LogP contribution in [0.1, 0.15) is 32.6 Å². The van der Waals surface area contributed by atoms with E-state index in [9.17, 15) is 4.79 Å². The molecule has 0 radical (unpaired) electrons. The molecule has 1 aliphatic carbocycles. The molecule has 0 aromatic heterocycles. The third kappa shape index (κ3) is 1.77. The molecule has 0 aromatic rings. The van der Waals surface area contributed by atoms with Gasteiger partial charge < -0.3 is 5.73 Å². The van der Waals surface area contributed by atoms with Gasteiger partial charge in [0.1, 0.15) is 0 Å². The summed E-state index contributed by atoms with van der Waals surface area (Å²) in [6, 6.07) is 0. The first kappa shape index (κ1) is 9.93. The SMILES string of the molecule is CC(N)(C(=O)N1CCCCO1)C1CC1. The van der Waals surface area contributed by atoms with Crippen molar-refractivity contribution in [1.82, 2.24) is 5.06 Å². The van der Waals surface area contributed by atoms with Crippen LogP contribution in [0.15, 0.2) is 0 Å². The van der Waals surface area contributed by atoms with E-state index in [-0.39, 0.29) is 5.91 Å². The van der Waals surface area contributed by atoms with Gasteiger partial charge in [0.25, 0.3) is 5.91 Å². The first-order valence-electron chi connectivity index (χ1n) is 5.36. The van der Waals surface area contributed by atoms with Crippen molar-refractivity contribution in [2.45, 2.75) is 38.1 Å². The van der Waals surface area contributed by atoms with E-state index >= 15 is 0 Å². The Labute approximate surface area is 84.3 Å². The van der Waals surface area contributed by atoms with Crippen LogP contribution in [0.3, 0.4) is 0 Å². The van der Waals surface area contributed by atoms with Crippen molar-refractivity contribution in [3.8, 4) is 0 Å². The minimum absolute atomic E-state index is 0.0419. The molecule has 1 amide bonds. The molecule has 1 unspecified atom stereocenters. The molecule has 4 nitrogen and oxygen atoms in total. The predicted octanol–water partition coefficient (Wildman–Crippen LogP) is 0.668. The van der Waals surface area contributed by atoms with Crippen molar-refractivity contribution in [1.29, 1.82) is 0 Å². The zero-order chi connectivity index (χ0) is 10.2. The molecule has 0 bridgehead atoms. The molecule has 0 aromatic carbocycles. The lowest BCUT2D eigenvalue weighted by Crippen LogP contribution is -2.55. The Morgan fingerprint density at radius 2 is 2.21 bits per heavy atom. The van der Waals surface area contributed by atoms with Gasteiger partial charge >= 0.3 is 0 Å². The van der Waals surface area contributed by atoms with Crippen LogP contribution in [0, 0.1) is 5.92 Å². The molecule has 4 heteroatoms. The van der Waals surface area contributed by atoms with Crippen molar-refractivity contribution in [3.63, 3.8) is 0 Å². The summed E-state index contributed by atoms with van der Waals surface area (Å²) >= 11 is 0. The van der Waals surface area contributed by atoms with Gasteiger partial charge in [0.15, 0.2) is 0 Å². The van der Waals surface area contributed by atoms with Crippen molar-refractivity contribution in [2.24, 2.45) is 11.7 Å². The number of nitrogens with two attached hydrogens (primary N) is 1. The second-order valence-electron chi connectivity index (χ2n) is 4.50. The van der Waals surface area contributed by atoms with Gasteiger partial charge in [-0.05, 0) is 38.5 Å². The highest BCUT2D eigenvalue weighted by molar-refractivity contribution is 5.85. The first-order valence-corrected chi connectivity index (χ1v) is 5.36. The van der Waals surface area contributed by atoms with Crippen LogP contribution in [-0.4, -0.2) is 29.7 Å². The van der Waals surface area contributed by atoms with Crippen LogP contribution in [0.4, 0.5) is 0 Å². The summed E-state index contributed by atoms with van der Waals surface area (Å²) in [5, 5.41) is 1.46. The van der Waals surface area contributed by atoms with Gasteiger partial charge in [-0.3, -0.25) is 9.63 Å². The quantitative estimate of drug-likeness (QED) is 0.709. The summed E-state index contributed by atoms with van der Waals surface area (Å²) in [6.45, 7) is 3.16. The summed E-state index contributed by atoms with van der Waals surface area (Å²) in [7, 11) is 0. The molecular weight excluding hydrogens is 180 g/mol. The monoisotopic (exact) mass is 198 g/mol. The average molecular weight is 198 g/mol. The van der Waals surface area contributed by atoms with Crippen LogP contribution in [0.25, 0.3) is 0 Å². The van der Waals surface area contributed by atoms with Gasteiger partial charge in [-0.2, -0.15) is 0 Å². The van der Waals surface area contributed by atoms with E-state index in [1.165, 1.54) is 5.06 Å². The van der Waals surface area contributed by atoms with Crippen LogP contribution < -0.4 is 5.73 Å². The summed E-state index contributed by atoms with van der Waals surface area (Å²) < 4.78 is 0. The van der Waals surface area contributed by atoms with Crippen molar-refractivity contribution in [2.75, 3.05) is 13.2 Å². The van der Waals surface area contributed by atoms with Gasteiger partial charge in [0, 0.05) is 6.54 Å². The second kappa shape index (κ2) is 3.51. The molecule has 2 fully saturated rings. The molecule has 1 aliphatic heterocycles. The number of rotatable bonds is 2. The lowest BCUT2D eigenvalue weighted by Gasteiger charge is -2.33. The standard InChI is InChI=1S/C10H18N2O2/c1-10(11,8-4-5-8)9(13)12-6-2-3-7-14-12/h8H,2-7,11H2,1H3. The van der Waals surface area contributed by atoms with Gasteiger partial charge in [-0.1, -0.05) is 0 Å². The first-order chi connectivity index (χ1) is 6.62. The van der Waals surface area contributed by atoms with Crippen molar-refractivity contribution < 1.29 is 9.63 Å². The minimum Gasteiger partial charge on any atom is -0.317 e. The fourth-order valence-corrected chi connectivity index (χ4v) is 1.88. The van der Waals surface area contributed by atoms with E-state index in [2.05, 4.69) is 0 Å². The number of hydrogen-bond donors (Lipinski definition) is 1. The average Bonchev–Trinajstić information content (AvgIpc) is 3.01. The van der Waals surface area contributed by atoms with Crippen LogP contribution >= 0.6 is 0 Å². The molecule has 1 atom stereocenters. The Morgan fingerprint density at radius 3 is 2.71 bits per heavy atom. The normalized spacial score (nSPS) is 27.1. The molecule has 0 spiro atoms. The number of hydrogen-bond acceptors (Lipinski definition) is 3. The third-order valence-corrected chi connectivity index (χ3v) is 3.12. The van der Waals surface area contributed by atoms with Crippen molar-refractivity contribution in [3.05, 3.63) is 0 Å². The molecule has 2 N–H and O–H groups in total. The number of nitrogens with zero attached hydrogens (tertiary/aromatic N) is 1. The fraction of sp³-hybridized carbons (Fsp3) is 0.900. The topological polar surface area (TPSA) is 55.6 Å². The van der Waals surface area contributed by atoms with Gasteiger partial charge in [-0.25, -0.2) is 5.06 Å². The lowest BCUT2D eigenvalue weighted by atomic mass is 9.96. The van der Waals surface area contributed by atoms with Crippen LogP contribution in [0.5, 0.6) is 0 Å². The van der Waals surface area contributed by atoms with E-state index in [0.717, 1.165) is 25.7 Å². The lowest BCUT2D eigenvalue weighted by molar-refractivity contribution is -0.202. The number of carbonyl (C=O) groups is 1. The van der Waals surface area contributed by atoms with E-state index in [4.69, 9.17) is 10.6 Å². The molecule has 1 heterocycles. The molecule has 1 saturated carbocycles. The second-order valence-corrected chi connectivity index (χ2v) is 4.50. The molecule has 80 valence electrons. The molecule has 2 rings (SSSR count). The van der Waals surface area contributed by atoms with Gasteiger partial charge in [0.2, 0.25) is 0 Å². The van der Waals surface area contributed by atoms with Gasteiger partial charge in [-0.15, -0.1) is 0 Å². The Balaban J connectivity index is 1.98.